The van der Waals surface area contributed by atoms with Crippen molar-refractivity contribution in [2.45, 2.75) is 66.0 Å². The zero-order valence-electron chi connectivity index (χ0n) is 19.7. The monoisotopic (exact) mass is 486 g/mol. The van der Waals surface area contributed by atoms with E-state index in [1.54, 1.807) is 35.0 Å². The molecule has 3 aromatic rings. The summed E-state index contributed by atoms with van der Waals surface area (Å²) in [6.07, 6.45) is 4.15. The third-order valence-corrected chi connectivity index (χ3v) is 8.24. The maximum atomic E-state index is 13.9. The number of halogens is 1. The molecule has 2 aromatic heterocycles. The van der Waals surface area contributed by atoms with Crippen LogP contribution in [0.4, 0.5) is 5.69 Å². The lowest BCUT2D eigenvalue weighted by Crippen LogP contribution is -2.37. The highest BCUT2D eigenvalue weighted by molar-refractivity contribution is 7.18. The Labute approximate surface area is 203 Å². The summed E-state index contributed by atoms with van der Waals surface area (Å²) >= 11 is 7.88. The number of fused-ring (bicyclic) bond motifs is 3. The number of hydrogen-bond donors (Lipinski definition) is 1. The van der Waals surface area contributed by atoms with Crippen molar-refractivity contribution in [1.82, 2.24) is 14.5 Å². The van der Waals surface area contributed by atoms with Crippen LogP contribution in [0.1, 0.15) is 61.5 Å². The molecule has 0 bridgehead atoms. The smallest absolute Gasteiger partial charge is 0.263 e. The van der Waals surface area contributed by atoms with Crippen LogP contribution >= 0.6 is 22.9 Å². The first-order valence-corrected chi connectivity index (χ1v) is 12.9. The van der Waals surface area contributed by atoms with Crippen molar-refractivity contribution < 1.29 is 4.79 Å². The van der Waals surface area contributed by atoms with E-state index in [4.69, 9.17) is 16.6 Å². The van der Waals surface area contributed by atoms with Crippen molar-refractivity contribution in [3.05, 3.63) is 55.4 Å². The van der Waals surface area contributed by atoms with Crippen molar-refractivity contribution in [2.24, 2.45) is 0 Å². The highest BCUT2D eigenvalue weighted by atomic mass is 35.5. The Hall–Kier alpha value is -2.22. The average molecular weight is 487 g/mol. The van der Waals surface area contributed by atoms with Gasteiger partial charge in [0.15, 0.2) is 0 Å². The molecule has 0 spiro atoms. The van der Waals surface area contributed by atoms with Crippen molar-refractivity contribution in [3.63, 3.8) is 0 Å². The van der Waals surface area contributed by atoms with Gasteiger partial charge >= 0.3 is 0 Å². The van der Waals surface area contributed by atoms with E-state index in [9.17, 15) is 9.59 Å². The van der Waals surface area contributed by atoms with Gasteiger partial charge in [0.05, 0.1) is 11.9 Å². The quantitative estimate of drug-likeness (QED) is 0.489. The lowest BCUT2D eigenvalue weighted by molar-refractivity contribution is -0.119. The van der Waals surface area contributed by atoms with Crippen LogP contribution in [0, 0.1) is 6.92 Å². The highest BCUT2D eigenvalue weighted by Crippen LogP contribution is 2.34. The molecular formula is C25H31ClN4O2S. The third kappa shape index (κ3) is 4.59. The number of hydrogen-bond acceptors (Lipinski definition) is 5. The SMILES string of the molecule is CCN(CC)Cc1nc2sc3c(c2c(=O)n1C(C)C(=O)Nc1cccc(Cl)c1C)CCCC3. The number of carbonyl (C=O) groups excluding carboxylic acids is 1. The van der Waals surface area contributed by atoms with E-state index in [-0.39, 0.29) is 11.5 Å². The summed E-state index contributed by atoms with van der Waals surface area (Å²) in [5.74, 6) is 0.383. The lowest BCUT2D eigenvalue weighted by Gasteiger charge is -2.23. The molecule has 1 aliphatic rings. The second kappa shape index (κ2) is 9.95. The van der Waals surface area contributed by atoms with Crippen LogP contribution in [0.2, 0.25) is 5.02 Å². The number of nitrogens with zero attached hydrogens (tertiary/aromatic N) is 3. The molecule has 1 aliphatic carbocycles. The van der Waals surface area contributed by atoms with Crippen molar-refractivity contribution in [3.8, 4) is 0 Å². The Morgan fingerprint density at radius 3 is 2.73 bits per heavy atom. The predicted molar refractivity (Wildman–Crippen MR) is 137 cm³/mol. The first-order chi connectivity index (χ1) is 15.8. The molecule has 1 atom stereocenters. The Bertz CT molecular complexity index is 1250. The maximum Gasteiger partial charge on any atom is 0.263 e. The van der Waals surface area contributed by atoms with Crippen molar-refractivity contribution in [1.29, 1.82) is 0 Å². The fourth-order valence-electron chi connectivity index (χ4n) is 4.52. The minimum Gasteiger partial charge on any atom is -0.324 e. The van der Waals surface area contributed by atoms with Crippen LogP contribution in [0.15, 0.2) is 23.0 Å². The molecule has 6 nitrogen and oxygen atoms in total. The van der Waals surface area contributed by atoms with Gasteiger partial charge in [-0.2, -0.15) is 0 Å². The summed E-state index contributed by atoms with van der Waals surface area (Å²) in [6, 6.07) is 4.71. The molecule has 4 rings (SSSR count). The zero-order chi connectivity index (χ0) is 23.7. The summed E-state index contributed by atoms with van der Waals surface area (Å²) in [5, 5.41) is 4.26. The van der Waals surface area contributed by atoms with E-state index >= 15 is 0 Å². The van der Waals surface area contributed by atoms with Crippen LogP contribution in [-0.2, 0) is 24.2 Å². The molecule has 176 valence electrons. The van der Waals surface area contributed by atoms with E-state index in [0.29, 0.717) is 28.5 Å². The van der Waals surface area contributed by atoms with E-state index in [1.165, 1.54) is 4.88 Å². The molecule has 0 saturated carbocycles. The second-order valence-corrected chi connectivity index (χ2v) is 10.1. The van der Waals surface area contributed by atoms with Gasteiger partial charge in [0.2, 0.25) is 5.91 Å². The summed E-state index contributed by atoms with van der Waals surface area (Å²) in [6.45, 7) is 10.0. The van der Waals surface area contributed by atoms with Crippen LogP contribution < -0.4 is 10.9 Å². The Morgan fingerprint density at radius 1 is 1.27 bits per heavy atom. The minimum absolute atomic E-state index is 0.105. The zero-order valence-corrected chi connectivity index (χ0v) is 21.3. The van der Waals surface area contributed by atoms with Gasteiger partial charge in [-0.3, -0.25) is 19.1 Å². The topological polar surface area (TPSA) is 67.2 Å². The number of anilines is 1. The number of aryl methyl sites for hydroxylation is 2. The number of thiophene rings is 1. The normalized spacial score (nSPS) is 14.5. The molecule has 1 aromatic carbocycles. The molecule has 33 heavy (non-hydrogen) atoms. The summed E-state index contributed by atoms with van der Waals surface area (Å²) in [5.41, 5.74) is 2.49. The van der Waals surface area contributed by atoms with Crippen LogP contribution in [0.3, 0.4) is 0 Å². The molecule has 0 fully saturated rings. The molecule has 0 radical (unpaired) electrons. The van der Waals surface area contributed by atoms with Crippen LogP contribution in [0.5, 0.6) is 0 Å². The maximum absolute atomic E-state index is 13.9. The predicted octanol–water partition coefficient (Wildman–Crippen LogP) is 5.34. The first kappa shape index (κ1) is 23.9. The van der Waals surface area contributed by atoms with Gasteiger partial charge in [-0.1, -0.05) is 31.5 Å². The average Bonchev–Trinajstić information content (AvgIpc) is 3.18. The summed E-state index contributed by atoms with van der Waals surface area (Å²) in [4.78, 5) is 36.4. The van der Waals surface area contributed by atoms with Crippen LogP contribution in [0.25, 0.3) is 10.2 Å². The largest absolute Gasteiger partial charge is 0.324 e. The third-order valence-electron chi connectivity index (χ3n) is 6.65. The number of aromatic nitrogens is 2. The molecule has 8 heteroatoms. The second-order valence-electron chi connectivity index (χ2n) is 8.63. The fourth-order valence-corrected chi connectivity index (χ4v) is 5.96. The van der Waals surface area contributed by atoms with Crippen molar-refractivity contribution in [2.75, 3.05) is 18.4 Å². The summed E-state index contributed by atoms with van der Waals surface area (Å²) < 4.78 is 1.61. The van der Waals surface area contributed by atoms with Gasteiger partial charge in [-0.15, -0.1) is 11.3 Å². The molecule has 0 aliphatic heterocycles. The number of amides is 1. The number of nitrogens with one attached hydrogen (secondary N) is 1. The highest BCUT2D eigenvalue weighted by Gasteiger charge is 2.27. The summed E-state index contributed by atoms with van der Waals surface area (Å²) in [7, 11) is 0. The first-order valence-electron chi connectivity index (χ1n) is 11.7. The number of carbonyl (C=O) groups is 1. The van der Waals surface area contributed by atoms with Gasteiger partial charge in [0, 0.05) is 15.6 Å². The molecule has 1 N–H and O–H groups in total. The lowest BCUT2D eigenvalue weighted by atomic mass is 9.97. The van der Waals surface area contributed by atoms with Gasteiger partial charge in [-0.05, 0) is 75.9 Å². The molecule has 2 heterocycles. The Balaban J connectivity index is 1.80. The Morgan fingerprint density at radius 2 is 2.00 bits per heavy atom. The standard InChI is InChI=1S/C25H31ClN4O2S/c1-5-29(6-2)14-21-28-24-22(17-10-7-8-13-20(17)33-24)25(32)30(21)16(4)23(31)27-19-12-9-11-18(26)15(19)3/h9,11-12,16H,5-8,10,13-14H2,1-4H3,(H,27,31). The van der Waals surface area contributed by atoms with E-state index < -0.39 is 6.04 Å². The van der Waals surface area contributed by atoms with Gasteiger partial charge in [0.1, 0.15) is 16.7 Å². The van der Waals surface area contributed by atoms with Gasteiger partial charge in [0.25, 0.3) is 5.56 Å². The van der Waals surface area contributed by atoms with Gasteiger partial charge < -0.3 is 5.32 Å². The van der Waals surface area contributed by atoms with Crippen molar-refractivity contribution >= 4 is 44.7 Å². The van der Waals surface area contributed by atoms with Gasteiger partial charge in [-0.25, -0.2) is 4.98 Å². The fraction of sp³-hybridized carbons (Fsp3) is 0.480. The number of rotatable bonds is 7. The molecule has 0 saturated heterocycles. The van der Waals surface area contributed by atoms with E-state index in [0.717, 1.165) is 54.7 Å². The van der Waals surface area contributed by atoms with E-state index in [2.05, 4.69) is 24.1 Å². The van der Waals surface area contributed by atoms with Crippen LogP contribution in [-0.4, -0.2) is 33.4 Å². The Kier molecular flexibility index (Phi) is 7.22. The molecular weight excluding hydrogens is 456 g/mol. The minimum atomic E-state index is -0.711. The number of benzene rings is 1. The van der Waals surface area contributed by atoms with E-state index in [1.807, 2.05) is 13.0 Å². The molecule has 1 unspecified atom stereocenters. The molecule has 1 amide bonds.